The Hall–Kier alpha value is -1.26. The van der Waals surface area contributed by atoms with Gasteiger partial charge in [0.25, 0.3) is 0 Å². The van der Waals surface area contributed by atoms with E-state index in [4.69, 9.17) is 5.11 Å². The van der Waals surface area contributed by atoms with Crippen LogP contribution in [0.5, 0.6) is 0 Å². The Morgan fingerprint density at radius 3 is 1.94 bits per heavy atom. The third kappa shape index (κ3) is 6.14. The molecule has 0 aliphatic carbocycles. The number of carbonyl (C=O) groups is 2. The molecule has 2 amide bonds. The van der Waals surface area contributed by atoms with Crippen molar-refractivity contribution >= 4 is 12.0 Å². The highest BCUT2D eigenvalue weighted by Gasteiger charge is 2.23. The lowest BCUT2D eigenvalue weighted by Gasteiger charge is -2.20. The van der Waals surface area contributed by atoms with Gasteiger partial charge < -0.3 is 15.7 Å². The number of carboxylic acid groups (broad SMARTS) is 1. The van der Waals surface area contributed by atoms with Gasteiger partial charge in [-0.15, -0.1) is 0 Å². The van der Waals surface area contributed by atoms with Crippen molar-refractivity contribution < 1.29 is 14.7 Å². The largest absolute Gasteiger partial charge is 0.480 e. The highest BCUT2D eigenvalue weighted by Crippen LogP contribution is 2.07. The van der Waals surface area contributed by atoms with E-state index in [2.05, 4.69) is 24.5 Å². The van der Waals surface area contributed by atoms with E-state index in [1.165, 1.54) is 0 Å². The molecule has 5 heteroatoms. The first-order valence-electron chi connectivity index (χ1n) is 6.02. The van der Waals surface area contributed by atoms with Crippen LogP contribution in [0.25, 0.3) is 0 Å². The first-order chi connectivity index (χ1) is 7.75. The van der Waals surface area contributed by atoms with Gasteiger partial charge in [0.05, 0.1) is 0 Å². The van der Waals surface area contributed by atoms with E-state index < -0.39 is 18.0 Å². The van der Waals surface area contributed by atoms with Crippen molar-refractivity contribution in [2.24, 2.45) is 17.8 Å². The second-order valence-corrected chi connectivity index (χ2v) is 5.14. The van der Waals surface area contributed by atoms with Crippen LogP contribution in [-0.2, 0) is 4.79 Å². The van der Waals surface area contributed by atoms with Crippen LogP contribution >= 0.6 is 0 Å². The highest BCUT2D eigenvalue weighted by molar-refractivity contribution is 5.82. The van der Waals surface area contributed by atoms with E-state index in [0.29, 0.717) is 18.4 Å². The molecule has 0 aliphatic heterocycles. The van der Waals surface area contributed by atoms with Gasteiger partial charge in [-0.05, 0) is 17.8 Å². The Kier molecular flexibility index (Phi) is 6.61. The van der Waals surface area contributed by atoms with Gasteiger partial charge in [0.15, 0.2) is 0 Å². The predicted molar refractivity (Wildman–Crippen MR) is 66.8 cm³/mol. The lowest BCUT2D eigenvalue weighted by atomic mass is 9.98. The summed E-state index contributed by atoms with van der Waals surface area (Å²) in [7, 11) is 0. The molecular weight excluding hydrogens is 220 g/mol. The number of hydrogen-bond acceptors (Lipinski definition) is 2. The number of nitrogens with one attached hydrogen (secondary N) is 2. The molecule has 3 N–H and O–H groups in total. The molecule has 0 saturated carbocycles. The third-order valence-corrected chi connectivity index (χ3v) is 2.94. The van der Waals surface area contributed by atoms with Crippen molar-refractivity contribution in [2.45, 2.75) is 40.7 Å². The third-order valence-electron chi connectivity index (χ3n) is 2.94. The Bertz CT molecular complexity index is 264. The standard InChI is InChI=1S/C12H24N2O3/c1-7(2)9(5)6-13-12(17)14-10(8(3)4)11(15)16/h7-10H,6H2,1-5H3,(H,15,16)(H2,13,14,17)/t9?,10-/m1/s1. The summed E-state index contributed by atoms with van der Waals surface area (Å²) in [6.45, 7) is 10.3. The van der Waals surface area contributed by atoms with Gasteiger partial charge in [-0.2, -0.15) is 0 Å². The number of amides is 2. The van der Waals surface area contributed by atoms with Gasteiger partial charge >= 0.3 is 12.0 Å². The van der Waals surface area contributed by atoms with Gasteiger partial charge in [-0.3, -0.25) is 0 Å². The van der Waals surface area contributed by atoms with E-state index in [1.54, 1.807) is 13.8 Å². The molecule has 1 unspecified atom stereocenters. The van der Waals surface area contributed by atoms with Gasteiger partial charge in [0.1, 0.15) is 6.04 Å². The molecule has 0 aromatic heterocycles. The molecule has 0 heterocycles. The first kappa shape index (κ1) is 15.7. The molecule has 0 aliphatic rings. The van der Waals surface area contributed by atoms with Crippen LogP contribution in [-0.4, -0.2) is 29.7 Å². The normalized spacial score (nSPS) is 14.5. The Labute approximate surface area is 103 Å². The van der Waals surface area contributed by atoms with Crippen LogP contribution < -0.4 is 10.6 Å². The molecule has 0 aromatic rings. The molecule has 0 fully saturated rings. The summed E-state index contributed by atoms with van der Waals surface area (Å²) in [4.78, 5) is 22.4. The summed E-state index contributed by atoms with van der Waals surface area (Å²) >= 11 is 0. The molecule has 100 valence electrons. The Morgan fingerprint density at radius 1 is 1.06 bits per heavy atom. The number of carboxylic acids is 1. The average Bonchev–Trinajstić information content (AvgIpc) is 2.21. The zero-order chi connectivity index (χ0) is 13.6. The minimum atomic E-state index is -1.01. The zero-order valence-corrected chi connectivity index (χ0v) is 11.3. The fourth-order valence-corrected chi connectivity index (χ4v) is 1.20. The summed E-state index contributed by atoms with van der Waals surface area (Å²) in [6, 6.07) is -1.26. The SMILES string of the molecule is CC(C)C(C)CNC(=O)N[C@@H](C(=O)O)C(C)C. The second-order valence-electron chi connectivity index (χ2n) is 5.14. The molecule has 0 radical (unpaired) electrons. The summed E-state index contributed by atoms with van der Waals surface area (Å²) in [5.41, 5.74) is 0. The van der Waals surface area contributed by atoms with Gasteiger partial charge in [0.2, 0.25) is 0 Å². The molecule has 0 bridgehead atoms. The van der Waals surface area contributed by atoms with Crippen molar-refractivity contribution in [3.05, 3.63) is 0 Å². The zero-order valence-electron chi connectivity index (χ0n) is 11.3. The van der Waals surface area contributed by atoms with Crippen LogP contribution in [0.15, 0.2) is 0 Å². The number of urea groups is 1. The Morgan fingerprint density at radius 2 is 1.59 bits per heavy atom. The maximum Gasteiger partial charge on any atom is 0.326 e. The van der Waals surface area contributed by atoms with E-state index in [0.717, 1.165) is 0 Å². The average molecular weight is 244 g/mol. The van der Waals surface area contributed by atoms with E-state index >= 15 is 0 Å². The van der Waals surface area contributed by atoms with Crippen molar-refractivity contribution in [3.8, 4) is 0 Å². The van der Waals surface area contributed by atoms with Gasteiger partial charge in [-0.1, -0.05) is 34.6 Å². The topological polar surface area (TPSA) is 78.4 Å². The molecule has 17 heavy (non-hydrogen) atoms. The second kappa shape index (κ2) is 7.14. The summed E-state index contributed by atoms with van der Waals surface area (Å²) in [5.74, 6) is -0.299. The minimum absolute atomic E-state index is 0.138. The van der Waals surface area contributed by atoms with Gasteiger partial charge in [0, 0.05) is 6.54 Å². The summed E-state index contributed by atoms with van der Waals surface area (Å²) < 4.78 is 0. The first-order valence-corrected chi connectivity index (χ1v) is 6.02. The number of aliphatic carboxylic acids is 1. The molecular formula is C12H24N2O3. The van der Waals surface area contributed by atoms with Crippen LogP contribution in [0.3, 0.4) is 0 Å². The Balaban J connectivity index is 4.12. The summed E-state index contributed by atoms with van der Waals surface area (Å²) in [5, 5.41) is 14.1. The molecule has 0 aromatic carbocycles. The van der Waals surface area contributed by atoms with Crippen molar-refractivity contribution in [1.82, 2.24) is 10.6 Å². The van der Waals surface area contributed by atoms with Crippen LogP contribution in [0.1, 0.15) is 34.6 Å². The number of carbonyl (C=O) groups excluding carboxylic acids is 1. The molecule has 0 rings (SSSR count). The summed E-state index contributed by atoms with van der Waals surface area (Å²) in [6.07, 6.45) is 0. The smallest absolute Gasteiger partial charge is 0.326 e. The quantitative estimate of drug-likeness (QED) is 0.665. The highest BCUT2D eigenvalue weighted by atomic mass is 16.4. The molecule has 0 spiro atoms. The minimum Gasteiger partial charge on any atom is -0.480 e. The lowest BCUT2D eigenvalue weighted by Crippen LogP contribution is -2.49. The van der Waals surface area contributed by atoms with Gasteiger partial charge in [-0.25, -0.2) is 9.59 Å². The van der Waals surface area contributed by atoms with E-state index in [-0.39, 0.29) is 5.92 Å². The fourth-order valence-electron chi connectivity index (χ4n) is 1.20. The van der Waals surface area contributed by atoms with Crippen molar-refractivity contribution in [1.29, 1.82) is 0 Å². The number of hydrogen-bond donors (Lipinski definition) is 3. The van der Waals surface area contributed by atoms with Crippen molar-refractivity contribution in [2.75, 3.05) is 6.54 Å². The van der Waals surface area contributed by atoms with Crippen LogP contribution in [0, 0.1) is 17.8 Å². The molecule has 0 saturated heterocycles. The van der Waals surface area contributed by atoms with E-state index in [9.17, 15) is 9.59 Å². The van der Waals surface area contributed by atoms with Crippen molar-refractivity contribution in [3.63, 3.8) is 0 Å². The van der Waals surface area contributed by atoms with Crippen LogP contribution in [0.4, 0.5) is 4.79 Å². The lowest BCUT2D eigenvalue weighted by molar-refractivity contribution is -0.140. The monoisotopic (exact) mass is 244 g/mol. The fraction of sp³-hybridized carbons (Fsp3) is 0.833. The molecule has 5 nitrogen and oxygen atoms in total. The maximum atomic E-state index is 11.5. The molecule has 2 atom stereocenters. The number of rotatable bonds is 6. The predicted octanol–water partition coefficient (Wildman–Crippen LogP) is 1.69. The maximum absolute atomic E-state index is 11.5. The van der Waals surface area contributed by atoms with E-state index in [1.807, 2.05) is 6.92 Å². The van der Waals surface area contributed by atoms with Crippen LogP contribution in [0.2, 0.25) is 0 Å².